The third kappa shape index (κ3) is 4.90. The molecule has 176 valence electrons. The smallest absolute Gasteiger partial charge is 0.203 e. The Morgan fingerprint density at radius 2 is 1.55 bits per heavy atom. The van der Waals surface area contributed by atoms with Crippen LogP contribution in [0.3, 0.4) is 0 Å². The van der Waals surface area contributed by atoms with E-state index in [1.165, 1.54) is 41.6 Å². The summed E-state index contributed by atoms with van der Waals surface area (Å²) in [4.78, 5) is 13.2. The lowest BCUT2D eigenvalue weighted by molar-refractivity contribution is 0.104. The third-order valence-corrected chi connectivity index (χ3v) is 5.41. The van der Waals surface area contributed by atoms with Gasteiger partial charge in [-0.05, 0) is 42.3 Å². The monoisotopic (exact) mass is 455 g/mol. The van der Waals surface area contributed by atoms with E-state index < -0.39 is 5.78 Å². The van der Waals surface area contributed by atoms with Gasteiger partial charge in [-0.1, -0.05) is 12.2 Å². The molecule has 0 aromatic heterocycles. The first kappa shape index (κ1) is 24.0. The molecular formula is C25H29NO7. The molecule has 8 heteroatoms. The van der Waals surface area contributed by atoms with Gasteiger partial charge in [-0.2, -0.15) is 0 Å². The van der Waals surface area contributed by atoms with Crippen LogP contribution in [0.1, 0.15) is 27.9 Å². The van der Waals surface area contributed by atoms with Crippen molar-refractivity contribution in [2.45, 2.75) is 6.42 Å². The number of methoxy groups -OCH3 is 5. The molecule has 0 unspecified atom stereocenters. The maximum absolute atomic E-state index is 13.2. The van der Waals surface area contributed by atoms with E-state index >= 15 is 0 Å². The summed E-state index contributed by atoms with van der Waals surface area (Å²) in [5.74, 6) is 1.47. The SMILES string of the molecule is COc1cc(C=CC(=O)c2c(OC)cc(OC)c(C3=CCNCC3)c2O)cc(OC)c1OC. The number of phenols is 1. The normalized spacial score (nSPS) is 13.4. The van der Waals surface area contributed by atoms with Crippen molar-refractivity contribution in [3.05, 3.63) is 47.0 Å². The van der Waals surface area contributed by atoms with Gasteiger partial charge in [0.1, 0.15) is 22.8 Å². The summed E-state index contributed by atoms with van der Waals surface area (Å²) in [6.45, 7) is 1.44. The lowest BCUT2D eigenvalue weighted by atomic mass is 9.93. The zero-order valence-corrected chi connectivity index (χ0v) is 19.5. The molecule has 0 radical (unpaired) electrons. The van der Waals surface area contributed by atoms with E-state index in [1.54, 1.807) is 24.3 Å². The highest BCUT2D eigenvalue weighted by atomic mass is 16.5. The molecule has 2 N–H and O–H groups in total. The highest BCUT2D eigenvalue weighted by molar-refractivity contribution is 6.11. The second-order valence-electron chi connectivity index (χ2n) is 7.22. The van der Waals surface area contributed by atoms with Gasteiger partial charge in [0, 0.05) is 12.6 Å². The number of ether oxygens (including phenoxy) is 5. The molecule has 1 heterocycles. The van der Waals surface area contributed by atoms with E-state index in [-0.39, 0.29) is 17.1 Å². The van der Waals surface area contributed by atoms with E-state index in [9.17, 15) is 9.90 Å². The molecular weight excluding hydrogens is 426 g/mol. The van der Waals surface area contributed by atoms with Gasteiger partial charge in [-0.25, -0.2) is 0 Å². The number of carbonyl (C=O) groups excluding carboxylic acids is 1. The van der Waals surface area contributed by atoms with Crippen LogP contribution in [0.5, 0.6) is 34.5 Å². The first-order valence-electron chi connectivity index (χ1n) is 10.4. The summed E-state index contributed by atoms with van der Waals surface area (Å²) in [7, 11) is 7.52. The second-order valence-corrected chi connectivity index (χ2v) is 7.22. The van der Waals surface area contributed by atoms with Crippen molar-refractivity contribution in [3.8, 4) is 34.5 Å². The van der Waals surface area contributed by atoms with Gasteiger partial charge in [-0.3, -0.25) is 4.79 Å². The fourth-order valence-corrected chi connectivity index (χ4v) is 3.79. The van der Waals surface area contributed by atoms with Gasteiger partial charge in [0.05, 0.1) is 41.1 Å². The van der Waals surface area contributed by atoms with E-state index in [2.05, 4.69) is 5.32 Å². The van der Waals surface area contributed by atoms with Crippen LogP contribution in [-0.2, 0) is 0 Å². The highest BCUT2D eigenvalue weighted by Gasteiger charge is 2.25. The van der Waals surface area contributed by atoms with Crippen LogP contribution in [0, 0.1) is 0 Å². The molecule has 0 saturated carbocycles. The summed E-state index contributed by atoms with van der Waals surface area (Å²) in [6.07, 6.45) is 5.66. The Hall–Kier alpha value is -3.65. The molecule has 0 aliphatic carbocycles. The molecule has 8 nitrogen and oxygen atoms in total. The van der Waals surface area contributed by atoms with Crippen molar-refractivity contribution >= 4 is 17.4 Å². The average Bonchev–Trinajstić information content (AvgIpc) is 2.86. The number of ketones is 1. The number of nitrogens with one attached hydrogen (secondary N) is 1. The number of rotatable bonds is 9. The van der Waals surface area contributed by atoms with Crippen molar-refractivity contribution in [3.63, 3.8) is 0 Å². The van der Waals surface area contributed by atoms with Crippen LogP contribution >= 0.6 is 0 Å². The molecule has 0 spiro atoms. The molecule has 2 aromatic carbocycles. The number of aromatic hydroxyl groups is 1. The molecule has 0 saturated heterocycles. The Bertz CT molecular complexity index is 1060. The molecule has 0 atom stereocenters. The molecule has 0 fully saturated rings. The first-order valence-corrected chi connectivity index (χ1v) is 10.4. The van der Waals surface area contributed by atoms with Crippen LogP contribution in [-0.4, -0.2) is 59.5 Å². The van der Waals surface area contributed by atoms with Gasteiger partial charge in [0.25, 0.3) is 0 Å². The second kappa shape index (κ2) is 10.8. The fourth-order valence-electron chi connectivity index (χ4n) is 3.79. The zero-order chi connectivity index (χ0) is 24.0. The Morgan fingerprint density at radius 3 is 2.06 bits per heavy atom. The third-order valence-electron chi connectivity index (χ3n) is 5.41. The molecule has 3 rings (SSSR count). The molecule has 1 aliphatic heterocycles. The zero-order valence-electron chi connectivity index (χ0n) is 19.5. The molecule has 0 bridgehead atoms. The lowest BCUT2D eigenvalue weighted by Gasteiger charge is -2.20. The Kier molecular flexibility index (Phi) is 7.84. The Labute approximate surface area is 193 Å². The summed E-state index contributed by atoms with van der Waals surface area (Å²) >= 11 is 0. The van der Waals surface area contributed by atoms with Crippen molar-refractivity contribution in [1.82, 2.24) is 5.32 Å². The van der Waals surface area contributed by atoms with Crippen LogP contribution in [0.4, 0.5) is 0 Å². The van der Waals surface area contributed by atoms with Crippen molar-refractivity contribution in [2.24, 2.45) is 0 Å². The maximum Gasteiger partial charge on any atom is 0.203 e. The maximum atomic E-state index is 13.2. The van der Waals surface area contributed by atoms with Gasteiger partial charge in [0.2, 0.25) is 5.75 Å². The predicted molar refractivity (Wildman–Crippen MR) is 126 cm³/mol. The quantitative estimate of drug-likeness (QED) is 0.437. The number of hydrogen-bond donors (Lipinski definition) is 2. The number of benzene rings is 2. The van der Waals surface area contributed by atoms with Crippen LogP contribution in [0.25, 0.3) is 11.6 Å². The predicted octanol–water partition coefficient (Wildman–Crippen LogP) is 3.71. The Balaban J connectivity index is 2.05. The Morgan fingerprint density at radius 1 is 0.909 bits per heavy atom. The van der Waals surface area contributed by atoms with E-state index in [0.717, 1.165) is 12.1 Å². The van der Waals surface area contributed by atoms with Crippen LogP contribution in [0.15, 0.2) is 30.4 Å². The van der Waals surface area contributed by atoms with E-state index in [4.69, 9.17) is 23.7 Å². The molecule has 0 amide bonds. The van der Waals surface area contributed by atoms with Crippen molar-refractivity contribution in [2.75, 3.05) is 48.6 Å². The minimum atomic E-state index is -0.420. The summed E-state index contributed by atoms with van der Waals surface area (Å²) in [5.41, 5.74) is 2.14. The number of hydrogen-bond acceptors (Lipinski definition) is 8. The largest absolute Gasteiger partial charge is 0.506 e. The van der Waals surface area contributed by atoms with Crippen molar-refractivity contribution in [1.29, 1.82) is 0 Å². The van der Waals surface area contributed by atoms with E-state index in [1.807, 2.05) is 6.08 Å². The summed E-state index contributed by atoms with van der Waals surface area (Å²) < 4.78 is 27.0. The van der Waals surface area contributed by atoms with Gasteiger partial charge in [0.15, 0.2) is 17.3 Å². The first-order chi connectivity index (χ1) is 16.0. The summed E-state index contributed by atoms with van der Waals surface area (Å²) in [5, 5.41) is 14.4. The molecule has 2 aromatic rings. The minimum Gasteiger partial charge on any atom is -0.506 e. The lowest BCUT2D eigenvalue weighted by Crippen LogP contribution is -2.20. The number of phenolic OH excluding ortho intramolecular Hbond substituents is 1. The standard InChI is InChI=1S/C25H29NO7/c1-29-18-14-19(30-2)23(24(28)22(18)16-8-10-26-11-9-16)17(27)7-6-15-12-20(31-3)25(33-5)21(13-15)32-4/h6-8,12-14,26,28H,9-11H2,1-5H3. The topological polar surface area (TPSA) is 95.5 Å². The van der Waals surface area contributed by atoms with Crippen LogP contribution < -0.4 is 29.0 Å². The minimum absolute atomic E-state index is 0.0661. The van der Waals surface area contributed by atoms with Gasteiger partial charge < -0.3 is 34.1 Å². The average molecular weight is 456 g/mol. The highest BCUT2D eigenvalue weighted by Crippen LogP contribution is 2.44. The molecule has 1 aliphatic rings. The fraction of sp³-hybridized carbons (Fsp3) is 0.320. The van der Waals surface area contributed by atoms with Gasteiger partial charge >= 0.3 is 0 Å². The van der Waals surface area contributed by atoms with Crippen LogP contribution in [0.2, 0.25) is 0 Å². The van der Waals surface area contributed by atoms with Gasteiger partial charge in [-0.15, -0.1) is 0 Å². The summed E-state index contributed by atoms with van der Waals surface area (Å²) in [6, 6.07) is 5.07. The van der Waals surface area contributed by atoms with Crippen molar-refractivity contribution < 1.29 is 33.6 Å². The molecule has 33 heavy (non-hydrogen) atoms. The number of allylic oxidation sites excluding steroid dienone is 1. The number of carbonyl (C=O) groups is 1. The van der Waals surface area contributed by atoms with E-state index in [0.29, 0.717) is 47.1 Å².